The fourth-order valence-corrected chi connectivity index (χ4v) is 1.63. The van der Waals surface area contributed by atoms with E-state index in [1.165, 1.54) is 7.11 Å². The van der Waals surface area contributed by atoms with Gasteiger partial charge in [-0.1, -0.05) is 13.0 Å². The van der Waals surface area contributed by atoms with Crippen LogP contribution in [-0.2, 0) is 4.79 Å². The van der Waals surface area contributed by atoms with Gasteiger partial charge in [0.15, 0.2) is 6.29 Å². The summed E-state index contributed by atoms with van der Waals surface area (Å²) in [6, 6.07) is 5.08. The van der Waals surface area contributed by atoms with E-state index in [9.17, 15) is 14.7 Å². The first kappa shape index (κ1) is 15.0. The molecule has 104 valence electrons. The Kier molecular flexibility index (Phi) is 5.85. The van der Waals surface area contributed by atoms with Crippen molar-refractivity contribution < 1.29 is 24.2 Å². The monoisotopic (exact) mass is 265 g/mol. The van der Waals surface area contributed by atoms with Crippen LogP contribution < -0.4 is 14.6 Å². The topological polar surface area (TPSA) is 75.7 Å². The molecule has 0 heterocycles. The molecule has 5 heteroatoms. The molecule has 19 heavy (non-hydrogen) atoms. The van der Waals surface area contributed by atoms with Crippen molar-refractivity contribution in [2.24, 2.45) is 5.92 Å². The van der Waals surface area contributed by atoms with E-state index in [-0.39, 0.29) is 0 Å². The first-order valence-corrected chi connectivity index (χ1v) is 6.06. The van der Waals surface area contributed by atoms with Gasteiger partial charge in [0, 0.05) is 5.97 Å². The highest BCUT2D eigenvalue weighted by Gasteiger charge is 2.09. The number of hydrogen-bond donors (Lipinski definition) is 0. The average molecular weight is 265 g/mol. The number of carboxylic acid groups (broad SMARTS) is 1. The van der Waals surface area contributed by atoms with Crippen molar-refractivity contribution in [1.82, 2.24) is 0 Å². The maximum atomic E-state index is 11.0. The van der Waals surface area contributed by atoms with Gasteiger partial charge in [0.1, 0.15) is 11.5 Å². The van der Waals surface area contributed by atoms with Crippen molar-refractivity contribution in [3.8, 4) is 11.5 Å². The Morgan fingerprint density at radius 3 is 2.68 bits per heavy atom. The predicted molar refractivity (Wildman–Crippen MR) is 67.3 cm³/mol. The lowest BCUT2D eigenvalue weighted by Gasteiger charge is -2.14. The van der Waals surface area contributed by atoms with Crippen LogP contribution in [0.15, 0.2) is 18.2 Å². The van der Waals surface area contributed by atoms with E-state index in [4.69, 9.17) is 9.47 Å². The average Bonchev–Trinajstić information content (AvgIpc) is 2.42. The van der Waals surface area contributed by atoms with Crippen LogP contribution in [0.1, 0.15) is 30.1 Å². The van der Waals surface area contributed by atoms with Gasteiger partial charge in [0.05, 0.1) is 19.3 Å². The van der Waals surface area contributed by atoms with Gasteiger partial charge >= 0.3 is 0 Å². The van der Waals surface area contributed by atoms with Crippen molar-refractivity contribution in [1.29, 1.82) is 0 Å². The van der Waals surface area contributed by atoms with Crippen LogP contribution in [0, 0.1) is 5.92 Å². The molecule has 0 N–H and O–H groups in total. The predicted octanol–water partition coefficient (Wildman–Crippen LogP) is 1.05. The summed E-state index contributed by atoms with van der Waals surface area (Å²) in [7, 11) is 1.48. The quantitative estimate of drug-likeness (QED) is 0.519. The van der Waals surface area contributed by atoms with Crippen LogP contribution in [-0.4, -0.2) is 26.0 Å². The Hall–Kier alpha value is -2.04. The minimum Gasteiger partial charge on any atom is -0.550 e. The third kappa shape index (κ3) is 4.28. The van der Waals surface area contributed by atoms with E-state index >= 15 is 0 Å². The van der Waals surface area contributed by atoms with Crippen LogP contribution in [0.2, 0.25) is 0 Å². The Morgan fingerprint density at radius 2 is 2.11 bits per heavy atom. The fraction of sp³-hybridized carbons (Fsp3) is 0.429. The zero-order chi connectivity index (χ0) is 14.3. The highest BCUT2D eigenvalue weighted by atomic mass is 16.5. The molecule has 0 spiro atoms. The SMILES string of the molecule is COc1cccc(OCCCC(C)C(=O)[O-])c1C=O. The first-order valence-electron chi connectivity index (χ1n) is 6.06. The maximum absolute atomic E-state index is 11.0. The lowest BCUT2D eigenvalue weighted by molar-refractivity contribution is -0.311. The number of benzene rings is 1. The largest absolute Gasteiger partial charge is 0.550 e. The molecule has 1 rings (SSSR count). The molecule has 5 nitrogen and oxygen atoms in total. The molecule has 0 saturated heterocycles. The summed E-state index contributed by atoms with van der Waals surface area (Å²) in [6.45, 7) is 1.93. The Morgan fingerprint density at radius 1 is 1.42 bits per heavy atom. The number of carboxylic acids is 1. The first-order chi connectivity index (χ1) is 9.10. The van der Waals surface area contributed by atoms with Crippen LogP contribution in [0.5, 0.6) is 11.5 Å². The third-order valence-corrected chi connectivity index (χ3v) is 2.81. The van der Waals surface area contributed by atoms with Crippen LogP contribution in [0.25, 0.3) is 0 Å². The van der Waals surface area contributed by atoms with Crippen molar-refractivity contribution in [3.05, 3.63) is 23.8 Å². The molecule has 1 atom stereocenters. The normalized spacial score (nSPS) is 11.7. The van der Waals surface area contributed by atoms with Crippen LogP contribution >= 0.6 is 0 Å². The van der Waals surface area contributed by atoms with Gasteiger partial charge in [-0.2, -0.15) is 0 Å². The highest BCUT2D eigenvalue weighted by Crippen LogP contribution is 2.26. The number of ether oxygens (including phenoxy) is 2. The second kappa shape index (κ2) is 7.41. The molecule has 0 aliphatic carbocycles. The van der Waals surface area contributed by atoms with E-state index in [0.29, 0.717) is 42.8 Å². The second-order valence-corrected chi connectivity index (χ2v) is 4.20. The summed E-state index contributed by atoms with van der Waals surface area (Å²) in [4.78, 5) is 21.5. The lowest BCUT2D eigenvalue weighted by atomic mass is 10.1. The molecule has 1 aromatic carbocycles. The summed E-state index contributed by atoms with van der Waals surface area (Å²) in [5, 5.41) is 10.5. The molecule has 1 aromatic rings. The van der Waals surface area contributed by atoms with E-state index in [0.717, 1.165) is 0 Å². The highest BCUT2D eigenvalue weighted by molar-refractivity contribution is 5.83. The summed E-state index contributed by atoms with van der Waals surface area (Å²) in [5.74, 6) is -0.666. The molecule has 0 aliphatic rings. The Balaban J connectivity index is 2.54. The van der Waals surface area contributed by atoms with E-state index in [1.807, 2.05) is 0 Å². The minimum absolute atomic E-state index is 0.339. The summed E-state index contributed by atoms with van der Waals surface area (Å²) in [5.41, 5.74) is 0.359. The molecule has 0 fully saturated rings. The molecular weight excluding hydrogens is 248 g/mol. The molecular formula is C14H17O5-. The van der Waals surface area contributed by atoms with Crippen molar-refractivity contribution in [2.75, 3.05) is 13.7 Å². The molecule has 0 aliphatic heterocycles. The van der Waals surface area contributed by atoms with E-state index in [1.54, 1.807) is 25.1 Å². The molecule has 0 bridgehead atoms. The maximum Gasteiger partial charge on any atom is 0.157 e. The van der Waals surface area contributed by atoms with E-state index in [2.05, 4.69) is 0 Å². The lowest BCUT2D eigenvalue weighted by Crippen LogP contribution is -2.29. The third-order valence-electron chi connectivity index (χ3n) is 2.81. The van der Waals surface area contributed by atoms with Gasteiger partial charge in [0.25, 0.3) is 0 Å². The van der Waals surface area contributed by atoms with Gasteiger partial charge in [-0.15, -0.1) is 0 Å². The van der Waals surface area contributed by atoms with Crippen LogP contribution in [0.4, 0.5) is 0 Å². The summed E-state index contributed by atoms with van der Waals surface area (Å²) < 4.78 is 10.5. The van der Waals surface area contributed by atoms with Gasteiger partial charge in [0.2, 0.25) is 0 Å². The molecule has 0 aromatic heterocycles. The van der Waals surface area contributed by atoms with Crippen molar-refractivity contribution >= 4 is 12.3 Å². The number of carbonyl (C=O) groups excluding carboxylic acids is 2. The van der Waals surface area contributed by atoms with Crippen molar-refractivity contribution in [2.45, 2.75) is 19.8 Å². The fourth-order valence-electron chi connectivity index (χ4n) is 1.63. The number of aldehydes is 1. The van der Waals surface area contributed by atoms with Crippen molar-refractivity contribution in [3.63, 3.8) is 0 Å². The number of carbonyl (C=O) groups is 2. The zero-order valence-corrected chi connectivity index (χ0v) is 11.0. The molecule has 0 saturated carbocycles. The van der Waals surface area contributed by atoms with Crippen LogP contribution in [0.3, 0.4) is 0 Å². The Bertz CT molecular complexity index is 441. The van der Waals surface area contributed by atoms with E-state index < -0.39 is 11.9 Å². The molecule has 0 amide bonds. The number of aliphatic carboxylic acids is 1. The zero-order valence-electron chi connectivity index (χ0n) is 11.0. The minimum atomic E-state index is -1.06. The Labute approximate surface area is 112 Å². The van der Waals surface area contributed by atoms with Gasteiger partial charge in [-0.3, -0.25) is 4.79 Å². The summed E-state index contributed by atoms with van der Waals surface area (Å²) >= 11 is 0. The number of methoxy groups -OCH3 is 1. The van der Waals surface area contributed by atoms with Gasteiger partial charge in [-0.25, -0.2) is 0 Å². The number of hydrogen-bond acceptors (Lipinski definition) is 5. The second-order valence-electron chi connectivity index (χ2n) is 4.20. The summed E-state index contributed by atoms with van der Waals surface area (Å²) in [6.07, 6.45) is 1.73. The van der Waals surface area contributed by atoms with Gasteiger partial charge in [-0.05, 0) is 30.9 Å². The number of rotatable bonds is 8. The smallest absolute Gasteiger partial charge is 0.157 e. The van der Waals surface area contributed by atoms with Gasteiger partial charge < -0.3 is 19.4 Å². The molecule has 1 unspecified atom stereocenters. The standard InChI is InChI=1S/C14H18O5/c1-10(14(16)17)5-4-8-19-13-7-3-6-12(18-2)11(13)9-15/h3,6-7,9-10H,4-5,8H2,1-2H3,(H,16,17)/p-1. The molecule has 0 radical (unpaired) electrons.